The number of likely N-dealkylation sites (N-methyl/N-ethyl adjacent to an activating group) is 1. The van der Waals surface area contributed by atoms with Crippen LogP contribution in [0.2, 0.25) is 0 Å². The van der Waals surface area contributed by atoms with Crippen LogP contribution in [0.5, 0.6) is 0 Å². The number of carbonyl (C=O) groups is 1. The van der Waals surface area contributed by atoms with Crippen LogP contribution in [0.3, 0.4) is 0 Å². The van der Waals surface area contributed by atoms with Gasteiger partial charge in [-0.1, -0.05) is 57.0 Å². The molecule has 4 nitrogen and oxygen atoms in total. The Bertz CT molecular complexity index is 531. The fraction of sp³-hybridized carbons (Fsp3) is 0.650. The molecule has 1 amide bonds. The van der Waals surface area contributed by atoms with E-state index >= 15 is 0 Å². The number of nitrogens with zero attached hydrogens (tertiary/aromatic N) is 1. The second kappa shape index (κ2) is 8.13. The van der Waals surface area contributed by atoms with Crippen molar-refractivity contribution in [3.05, 3.63) is 35.9 Å². The lowest BCUT2D eigenvalue weighted by molar-refractivity contribution is -0.126. The van der Waals surface area contributed by atoms with Crippen LogP contribution >= 0.6 is 0 Å². The largest absolute Gasteiger partial charge is 0.354 e. The van der Waals surface area contributed by atoms with Gasteiger partial charge in [-0.25, -0.2) is 0 Å². The predicted molar refractivity (Wildman–Crippen MR) is 99.6 cm³/mol. The van der Waals surface area contributed by atoms with E-state index in [4.69, 9.17) is 5.73 Å². The second-order valence-corrected chi connectivity index (χ2v) is 7.76. The van der Waals surface area contributed by atoms with Crippen molar-refractivity contribution in [1.29, 1.82) is 0 Å². The molecule has 1 aromatic carbocycles. The monoisotopic (exact) mass is 331 g/mol. The molecule has 0 radical (unpaired) electrons. The Hall–Kier alpha value is -1.39. The summed E-state index contributed by atoms with van der Waals surface area (Å²) in [5, 5.41) is 3.18. The zero-order chi connectivity index (χ0) is 17.7. The van der Waals surface area contributed by atoms with Crippen molar-refractivity contribution in [1.82, 2.24) is 10.2 Å². The molecule has 0 aromatic heterocycles. The lowest BCUT2D eigenvalue weighted by atomic mass is 9.75. The summed E-state index contributed by atoms with van der Waals surface area (Å²) < 4.78 is 0. The van der Waals surface area contributed by atoms with Gasteiger partial charge in [0.05, 0.1) is 5.92 Å². The van der Waals surface area contributed by atoms with Crippen LogP contribution in [0.25, 0.3) is 0 Å². The van der Waals surface area contributed by atoms with E-state index in [1.54, 1.807) is 0 Å². The highest BCUT2D eigenvalue weighted by molar-refractivity contribution is 5.79. The molecule has 134 valence electrons. The fourth-order valence-electron chi connectivity index (χ4n) is 3.90. The molecule has 4 atom stereocenters. The highest BCUT2D eigenvalue weighted by Gasteiger charge is 2.37. The first kappa shape index (κ1) is 18.9. The Kier molecular flexibility index (Phi) is 6.41. The minimum atomic E-state index is -0.271. The average molecular weight is 332 g/mol. The average Bonchev–Trinajstić information content (AvgIpc) is 2.59. The Balaban J connectivity index is 1.98. The highest BCUT2D eigenvalue weighted by Crippen LogP contribution is 2.35. The van der Waals surface area contributed by atoms with Crippen LogP contribution in [-0.4, -0.2) is 37.0 Å². The maximum absolute atomic E-state index is 12.6. The molecule has 0 spiro atoms. The summed E-state index contributed by atoms with van der Waals surface area (Å²) in [5.41, 5.74) is 7.37. The van der Waals surface area contributed by atoms with Crippen molar-refractivity contribution >= 4 is 5.91 Å². The van der Waals surface area contributed by atoms with Gasteiger partial charge in [0.1, 0.15) is 0 Å². The number of nitrogens with two attached hydrogens (primary N) is 1. The van der Waals surface area contributed by atoms with Crippen molar-refractivity contribution in [3.63, 3.8) is 0 Å². The van der Waals surface area contributed by atoms with Gasteiger partial charge < -0.3 is 16.0 Å². The summed E-state index contributed by atoms with van der Waals surface area (Å²) in [4.78, 5) is 14.9. The topological polar surface area (TPSA) is 58.4 Å². The van der Waals surface area contributed by atoms with Gasteiger partial charge in [-0.05, 0) is 38.4 Å². The molecule has 4 unspecified atom stereocenters. The van der Waals surface area contributed by atoms with Gasteiger partial charge in [0.2, 0.25) is 5.91 Å². The number of hydrogen-bond acceptors (Lipinski definition) is 3. The number of benzene rings is 1. The molecule has 24 heavy (non-hydrogen) atoms. The predicted octanol–water partition coefficient (Wildman–Crippen LogP) is 2.95. The molecule has 0 heterocycles. The number of nitrogens with one attached hydrogen (secondary N) is 1. The third-order valence-electron chi connectivity index (χ3n) is 5.74. The Morgan fingerprint density at radius 1 is 1.38 bits per heavy atom. The molecule has 2 rings (SSSR count). The first-order valence-electron chi connectivity index (χ1n) is 9.11. The van der Waals surface area contributed by atoms with E-state index in [9.17, 15) is 4.79 Å². The maximum atomic E-state index is 12.6. The van der Waals surface area contributed by atoms with Gasteiger partial charge >= 0.3 is 0 Å². The van der Waals surface area contributed by atoms with Gasteiger partial charge in [0, 0.05) is 18.1 Å². The molecule has 0 bridgehead atoms. The summed E-state index contributed by atoms with van der Waals surface area (Å²) in [6.45, 7) is 4.93. The minimum Gasteiger partial charge on any atom is -0.354 e. The van der Waals surface area contributed by atoms with Crippen molar-refractivity contribution < 1.29 is 4.79 Å². The maximum Gasteiger partial charge on any atom is 0.224 e. The number of hydrogen-bond donors (Lipinski definition) is 2. The molecule has 1 aliphatic carbocycles. The van der Waals surface area contributed by atoms with Crippen LogP contribution in [-0.2, 0) is 4.79 Å². The highest BCUT2D eigenvalue weighted by atomic mass is 16.1. The quantitative estimate of drug-likeness (QED) is 0.842. The van der Waals surface area contributed by atoms with Gasteiger partial charge in [-0.15, -0.1) is 0 Å². The minimum absolute atomic E-state index is 0.0470. The molecule has 1 fully saturated rings. The summed E-state index contributed by atoms with van der Waals surface area (Å²) in [7, 11) is 4.26. The Labute approximate surface area is 146 Å². The molecular formula is C20H33N3O. The van der Waals surface area contributed by atoms with Crippen LogP contribution < -0.4 is 11.1 Å². The van der Waals surface area contributed by atoms with Crippen molar-refractivity contribution in [3.8, 4) is 0 Å². The Morgan fingerprint density at radius 2 is 2.04 bits per heavy atom. The molecule has 1 aliphatic rings. The molecule has 3 N–H and O–H groups in total. The van der Waals surface area contributed by atoms with Crippen LogP contribution in [0.1, 0.15) is 51.1 Å². The van der Waals surface area contributed by atoms with Gasteiger partial charge in [0.25, 0.3) is 0 Å². The third kappa shape index (κ3) is 4.37. The second-order valence-electron chi connectivity index (χ2n) is 7.76. The zero-order valence-electron chi connectivity index (χ0n) is 15.6. The van der Waals surface area contributed by atoms with E-state index in [1.807, 2.05) is 37.3 Å². The third-order valence-corrected chi connectivity index (χ3v) is 5.74. The van der Waals surface area contributed by atoms with E-state index < -0.39 is 0 Å². The van der Waals surface area contributed by atoms with Gasteiger partial charge in [-0.2, -0.15) is 0 Å². The van der Waals surface area contributed by atoms with E-state index in [2.05, 4.69) is 31.2 Å². The van der Waals surface area contributed by atoms with E-state index in [1.165, 1.54) is 12.8 Å². The molecule has 0 saturated heterocycles. The number of amides is 1. The van der Waals surface area contributed by atoms with Crippen molar-refractivity contribution in [2.75, 3.05) is 20.6 Å². The number of rotatable bonds is 6. The van der Waals surface area contributed by atoms with Crippen molar-refractivity contribution in [2.45, 2.75) is 51.1 Å². The molecule has 0 aliphatic heterocycles. The van der Waals surface area contributed by atoms with Crippen molar-refractivity contribution in [2.24, 2.45) is 17.6 Å². The van der Waals surface area contributed by atoms with Gasteiger partial charge in [0.15, 0.2) is 0 Å². The summed E-state index contributed by atoms with van der Waals surface area (Å²) in [6, 6.07) is 9.59. The summed E-state index contributed by atoms with van der Waals surface area (Å²) in [6.07, 6.45) is 4.80. The van der Waals surface area contributed by atoms with E-state index in [0.29, 0.717) is 12.5 Å². The van der Waals surface area contributed by atoms with Crippen LogP contribution in [0.15, 0.2) is 30.3 Å². The first-order chi connectivity index (χ1) is 11.4. The molecule has 4 heteroatoms. The first-order valence-corrected chi connectivity index (χ1v) is 9.11. The smallest absolute Gasteiger partial charge is 0.224 e. The zero-order valence-corrected chi connectivity index (χ0v) is 15.6. The lowest BCUT2D eigenvalue weighted by Crippen LogP contribution is -2.55. The standard InChI is InChI=1S/C20H33N3O/c1-15-9-8-12-20(13-15,23(3)4)14-22-19(24)16(2)18(21)17-10-6-5-7-11-17/h5-7,10-11,15-16,18H,8-9,12-14,21H2,1-4H3,(H,22,24). The fourth-order valence-corrected chi connectivity index (χ4v) is 3.90. The molecular weight excluding hydrogens is 298 g/mol. The SMILES string of the molecule is CC1CCCC(CNC(=O)C(C)C(N)c2ccccc2)(N(C)C)C1. The molecule has 1 saturated carbocycles. The summed E-state index contributed by atoms with van der Waals surface area (Å²) in [5.74, 6) is 0.514. The van der Waals surface area contributed by atoms with E-state index in [0.717, 1.165) is 18.4 Å². The van der Waals surface area contributed by atoms with Crippen LogP contribution in [0, 0.1) is 11.8 Å². The Morgan fingerprint density at radius 3 is 2.62 bits per heavy atom. The van der Waals surface area contributed by atoms with Crippen LogP contribution in [0.4, 0.5) is 0 Å². The van der Waals surface area contributed by atoms with E-state index in [-0.39, 0.29) is 23.4 Å². The normalized spacial score (nSPS) is 26.8. The number of carbonyl (C=O) groups excluding carboxylic acids is 1. The lowest BCUT2D eigenvalue weighted by Gasteiger charge is -2.45. The van der Waals surface area contributed by atoms with Gasteiger partial charge in [-0.3, -0.25) is 4.79 Å². The summed E-state index contributed by atoms with van der Waals surface area (Å²) >= 11 is 0. The molecule has 1 aromatic rings.